The maximum atomic E-state index is 12.8. The molecule has 3 heterocycles. The Morgan fingerprint density at radius 2 is 1.96 bits per heavy atom. The molecule has 1 atom stereocenters. The summed E-state index contributed by atoms with van der Waals surface area (Å²) in [7, 11) is -3.40. The van der Waals surface area contributed by atoms with E-state index in [-0.39, 0.29) is 18.2 Å². The van der Waals surface area contributed by atoms with Gasteiger partial charge in [-0.2, -0.15) is 4.31 Å². The van der Waals surface area contributed by atoms with E-state index in [1.54, 1.807) is 24.0 Å². The number of hydrogen-bond acceptors (Lipinski definition) is 5. The van der Waals surface area contributed by atoms with E-state index in [2.05, 4.69) is 0 Å². The van der Waals surface area contributed by atoms with Crippen molar-refractivity contribution in [2.75, 3.05) is 39.4 Å². The number of carbonyl (C=O) groups excluding carboxylic acids is 1. The average molecular weight is 342 g/mol. The first-order valence-electron chi connectivity index (χ1n) is 7.91. The molecule has 2 aliphatic heterocycles. The lowest BCUT2D eigenvalue weighted by Crippen LogP contribution is -2.51. The molecule has 1 amide bonds. The van der Waals surface area contributed by atoms with Crippen LogP contribution in [0.3, 0.4) is 0 Å². The van der Waals surface area contributed by atoms with Crippen LogP contribution >= 0.6 is 0 Å². The Hall–Kier alpha value is -1.38. The fraction of sp³-hybridized carbons (Fsp3) is 0.667. The van der Waals surface area contributed by atoms with E-state index in [0.717, 1.165) is 0 Å². The van der Waals surface area contributed by atoms with Crippen molar-refractivity contribution in [1.29, 1.82) is 0 Å². The van der Waals surface area contributed by atoms with Gasteiger partial charge in [0.1, 0.15) is 5.76 Å². The Labute approximate surface area is 136 Å². The van der Waals surface area contributed by atoms with Gasteiger partial charge in [0.25, 0.3) is 5.91 Å². The average Bonchev–Trinajstić information content (AvgIpc) is 3.01. The van der Waals surface area contributed by atoms with Crippen LogP contribution in [-0.2, 0) is 14.8 Å². The van der Waals surface area contributed by atoms with E-state index >= 15 is 0 Å². The predicted octanol–water partition coefficient (Wildman–Crippen LogP) is 0.855. The van der Waals surface area contributed by atoms with E-state index in [4.69, 9.17) is 9.15 Å². The quantitative estimate of drug-likeness (QED) is 0.814. The largest absolute Gasteiger partial charge is 0.456 e. The summed E-state index contributed by atoms with van der Waals surface area (Å²) in [6.45, 7) is 4.21. The Morgan fingerprint density at radius 3 is 2.61 bits per heavy atom. The number of rotatable bonds is 3. The van der Waals surface area contributed by atoms with E-state index in [0.29, 0.717) is 51.4 Å². The van der Waals surface area contributed by atoms with Gasteiger partial charge in [-0.1, -0.05) is 0 Å². The van der Waals surface area contributed by atoms with E-state index in [1.165, 1.54) is 4.31 Å². The van der Waals surface area contributed by atoms with Crippen molar-refractivity contribution in [3.8, 4) is 0 Å². The highest BCUT2D eigenvalue weighted by Crippen LogP contribution is 2.23. The molecule has 0 saturated carbocycles. The van der Waals surface area contributed by atoms with Gasteiger partial charge in [-0.25, -0.2) is 8.42 Å². The molecule has 0 aliphatic carbocycles. The summed E-state index contributed by atoms with van der Waals surface area (Å²) in [5, 5.41) is -0.547. The maximum absolute atomic E-state index is 12.8. The molecule has 7 nitrogen and oxygen atoms in total. The third kappa shape index (κ3) is 3.44. The number of amides is 1. The topological polar surface area (TPSA) is 80.1 Å². The van der Waals surface area contributed by atoms with Crippen molar-refractivity contribution in [2.24, 2.45) is 0 Å². The molecule has 1 aromatic rings. The second kappa shape index (κ2) is 6.62. The summed E-state index contributed by atoms with van der Waals surface area (Å²) in [5.74, 6) is 0.703. The molecule has 23 heavy (non-hydrogen) atoms. The van der Waals surface area contributed by atoms with Crippen molar-refractivity contribution >= 4 is 15.9 Å². The summed E-state index contributed by atoms with van der Waals surface area (Å²) in [5.41, 5.74) is 0. The number of likely N-dealkylation sites (tertiary alicyclic amines) is 1. The highest BCUT2D eigenvalue weighted by molar-refractivity contribution is 7.89. The van der Waals surface area contributed by atoms with E-state index in [1.807, 2.05) is 0 Å². The van der Waals surface area contributed by atoms with Gasteiger partial charge in [0.05, 0.1) is 18.5 Å². The second-order valence-corrected chi connectivity index (χ2v) is 8.20. The molecule has 2 saturated heterocycles. The van der Waals surface area contributed by atoms with Crippen LogP contribution in [0.5, 0.6) is 0 Å². The highest BCUT2D eigenvalue weighted by Gasteiger charge is 2.37. The molecule has 0 bridgehead atoms. The van der Waals surface area contributed by atoms with Gasteiger partial charge in [0.15, 0.2) is 5.76 Å². The molecule has 0 radical (unpaired) electrons. The van der Waals surface area contributed by atoms with Gasteiger partial charge in [0.2, 0.25) is 10.0 Å². The highest BCUT2D eigenvalue weighted by atomic mass is 32.2. The zero-order valence-electron chi connectivity index (χ0n) is 13.2. The zero-order chi connectivity index (χ0) is 16.4. The van der Waals surface area contributed by atoms with Crippen LogP contribution in [-0.4, -0.2) is 68.2 Å². The van der Waals surface area contributed by atoms with Crippen molar-refractivity contribution in [3.63, 3.8) is 0 Å². The molecule has 3 rings (SSSR count). The smallest absolute Gasteiger partial charge is 0.289 e. The number of sulfonamides is 1. The molecular weight excluding hydrogens is 320 g/mol. The van der Waals surface area contributed by atoms with Crippen LogP contribution in [0, 0.1) is 6.92 Å². The fourth-order valence-electron chi connectivity index (χ4n) is 3.08. The number of aryl methyl sites for hydroxylation is 1. The van der Waals surface area contributed by atoms with Crippen LogP contribution in [0.2, 0.25) is 0 Å². The zero-order valence-corrected chi connectivity index (χ0v) is 14.0. The Morgan fingerprint density at radius 1 is 1.22 bits per heavy atom. The van der Waals surface area contributed by atoms with E-state index in [9.17, 15) is 13.2 Å². The number of carbonyl (C=O) groups is 1. The van der Waals surface area contributed by atoms with E-state index < -0.39 is 15.3 Å². The summed E-state index contributed by atoms with van der Waals surface area (Å²) in [4.78, 5) is 14.1. The summed E-state index contributed by atoms with van der Waals surface area (Å²) in [6.07, 6.45) is 1.26. The number of piperidine rings is 1. The number of morpholine rings is 1. The van der Waals surface area contributed by atoms with Gasteiger partial charge in [-0.3, -0.25) is 4.79 Å². The first-order chi connectivity index (χ1) is 11.0. The third-order valence-corrected chi connectivity index (χ3v) is 6.68. The lowest BCUT2D eigenvalue weighted by molar-refractivity contribution is 0.0666. The molecule has 0 unspecified atom stereocenters. The summed E-state index contributed by atoms with van der Waals surface area (Å²) in [6, 6.07) is 3.37. The summed E-state index contributed by atoms with van der Waals surface area (Å²) < 4.78 is 37.6. The van der Waals surface area contributed by atoms with Gasteiger partial charge >= 0.3 is 0 Å². The minimum atomic E-state index is -3.40. The van der Waals surface area contributed by atoms with Gasteiger partial charge in [-0.15, -0.1) is 0 Å². The molecule has 0 aromatic carbocycles. The van der Waals surface area contributed by atoms with Crippen molar-refractivity contribution in [2.45, 2.75) is 25.0 Å². The SMILES string of the molecule is Cc1ccc(C(=O)N2CCC[C@@H](S(=O)(=O)N3CCOCC3)C2)o1. The van der Waals surface area contributed by atoms with Crippen LogP contribution in [0.4, 0.5) is 0 Å². The Bertz CT molecular complexity index is 663. The Kier molecular flexibility index (Phi) is 4.74. The number of ether oxygens (including phenoxy) is 1. The molecule has 128 valence electrons. The predicted molar refractivity (Wildman–Crippen MR) is 83.7 cm³/mol. The standard InChI is InChI=1S/C15H22N2O5S/c1-12-4-5-14(22-12)15(18)16-6-2-3-13(11-16)23(19,20)17-7-9-21-10-8-17/h4-5,13H,2-3,6-11H2,1H3/t13-/m1/s1. The van der Waals surface area contributed by atoms with Crippen molar-refractivity contribution in [1.82, 2.24) is 9.21 Å². The molecular formula is C15H22N2O5S. The minimum Gasteiger partial charge on any atom is -0.456 e. The maximum Gasteiger partial charge on any atom is 0.289 e. The Balaban J connectivity index is 1.71. The monoisotopic (exact) mass is 342 g/mol. The lowest BCUT2D eigenvalue weighted by Gasteiger charge is -2.36. The number of furan rings is 1. The molecule has 2 aliphatic rings. The molecule has 0 spiro atoms. The van der Waals surface area contributed by atoms with Gasteiger partial charge < -0.3 is 14.1 Å². The summed E-state index contributed by atoms with van der Waals surface area (Å²) >= 11 is 0. The van der Waals surface area contributed by atoms with Crippen LogP contribution in [0.1, 0.15) is 29.2 Å². The molecule has 0 N–H and O–H groups in total. The van der Waals surface area contributed by atoms with Crippen LogP contribution in [0.15, 0.2) is 16.5 Å². The molecule has 1 aromatic heterocycles. The third-order valence-electron chi connectivity index (χ3n) is 4.37. The first-order valence-corrected chi connectivity index (χ1v) is 9.41. The number of nitrogens with zero attached hydrogens (tertiary/aromatic N) is 2. The minimum absolute atomic E-state index is 0.221. The molecule has 2 fully saturated rings. The van der Waals surface area contributed by atoms with Gasteiger partial charge in [-0.05, 0) is 31.9 Å². The fourth-order valence-corrected chi connectivity index (χ4v) is 5.00. The molecule has 8 heteroatoms. The normalized spacial score (nSPS) is 23.9. The van der Waals surface area contributed by atoms with Gasteiger partial charge in [0, 0.05) is 26.2 Å². The van der Waals surface area contributed by atoms with Crippen molar-refractivity contribution in [3.05, 3.63) is 23.7 Å². The van der Waals surface area contributed by atoms with Crippen LogP contribution in [0.25, 0.3) is 0 Å². The number of hydrogen-bond donors (Lipinski definition) is 0. The van der Waals surface area contributed by atoms with Crippen molar-refractivity contribution < 1.29 is 22.4 Å². The second-order valence-electron chi connectivity index (χ2n) is 5.98. The first kappa shape index (κ1) is 16.5. The lowest BCUT2D eigenvalue weighted by atomic mass is 10.1. The van der Waals surface area contributed by atoms with Crippen LogP contribution < -0.4 is 0 Å².